The summed E-state index contributed by atoms with van der Waals surface area (Å²) in [4.78, 5) is 22.4. The number of nitrogens with one attached hydrogen (secondary N) is 2. The summed E-state index contributed by atoms with van der Waals surface area (Å²) < 4.78 is 10.6. The molecule has 2 aliphatic rings. The highest BCUT2D eigenvalue weighted by Gasteiger charge is 2.23. The van der Waals surface area contributed by atoms with Crippen LogP contribution in [0.4, 0.5) is 4.79 Å². The van der Waals surface area contributed by atoms with Gasteiger partial charge in [0.2, 0.25) is 0 Å². The first-order valence-corrected chi connectivity index (χ1v) is 6.21. The van der Waals surface area contributed by atoms with Crippen LogP contribution in [0.5, 0.6) is 5.75 Å². The zero-order chi connectivity index (χ0) is 13.2. The minimum absolute atomic E-state index is 0.0401. The second kappa shape index (κ2) is 4.79. The summed E-state index contributed by atoms with van der Waals surface area (Å²) in [6.07, 6.45) is 0.140. The Morgan fingerprint density at radius 3 is 3.00 bits per heavy atom. The molecule has 1 aromatic carbocycles. The molecule has 2 N–H and O–H groups in total. The third kappa shape index (κ3) is 2.47. The molecule has 0 aliphatic carbocycles. The summed E-state index contributed by atoms with van der Waals surface area (Å²) in [6, 6.07) is 5.39. The van der Waals surface area contributed by atoms with Gasteiger partial charge in [-0.1, -0.05) is 0 Å². The molecule has 0 bridgehead atoms. The van der Waals surface area contributed by atoms with Crippen LogP contribution < -0.4 is 15.4 Å². The Bertz CT molecular complexity index is 529. The summed E-state index contributed by atoms with van der Waals surface area (Å²) in [7, 11) is 0. The lowest BCUT2D eigenvalue weighted by molar-refractivity contribution is 0.0944. The Labute approximate surface area is 110 Å². The number of cyclic esters (lactones) is 1. The van der Waals surface area contributed by atoms with Crippen LogP contribution in [-0.2, 0) is 11.2 Å². The molecule has 2 amide bonds. The van der Waals surface area contributed by atoms with Crippen molar-refractivity contribution in [2.24, 2.45) is 0 Å². The first-order valence-electron chi connectivity index (χ1n) is 6.21. The first kappa shape index (κ1) is 11.8. The van der Waals surface area contributed by atoms with E-state index < -0.39 is 6.09 Å². The van der Waals surface area contributed by atoms with Gasteiger partial charge in [0.1, 0.15) is 12.4 Å². The van der Waals surface area contributed by atoms with Gasteiger partial charge in [-0.25, -0.2) is 4.79 Å². The summed E-state index contributed by atoms with van der Waals surface area (Å²) in [5.41, 5.74) is 1.69. The van der Waals surface area contributed by atoms with Gasteiger partial charge in [-0.05, 0) is 30.2 Å². The number of amides is 2. The fourth-order valence-corrected chi connectivity index (χ4v) is 2.21. The molecule has 0 radical (unpaired) electrons. The summed E-state index contributed by atoms with van der Waals surface area (Å²) in [5.74, 6) is 0.651. The third-order valence-electron chi connectivity index (χ3n) is 3.18. The fraction of sp³-hybridized carbons (Fsp3) is 0.385. The standard InChI is InChI=1S/C13H14N2O4/c16-12-11-2-1-9(5-8(11)3-4-14-12)18-7-10-6-15-13(17)19-10/h1-2,5,10H,3-4,6-7H2,(H,14,16)(H,15,17). The van der Waals surface area contributed by atoms with E-state index in [0.717, 1.165) is 12.0 Å². The zero-order valence-corrected chi connectivity index (χ0v) is 10.3. The van der Waals surface area contributed by atoms with E-state index in [2.05, 4.69) is 10.6 Å². The van der Waals surface area contributed by atoms with Crippen LogP contribution in [-0.4, -0.2) is 37.8 Å². The molecule has 1 atom stereocenters. The molecular weight excluding hydrogens is 248 g/mol. The number of rotatable bonds is 3. The predicted octanol–water partition coefficient (Wildman–Crippen LogP) is 0.460. The Balaban J connectivity index is 1.65. The van der Waals surface area contributed by atoms with Crippen LogP contribution >= 0.6 is 0 Å². The lowest BCUT2D eigenvalue weighted by Gasteiger charge is -2.17. The van der Waals surface area contributed by atoms with Gasteiger partial charge >= 0.3 is 6.09 Å². The van der Waals surface area contributed by atoms with E-state index in [4.69, 9.17) is 9.47 Å². The molecule has 3 rings (SSSR count). The maximum absolute atomic E-state index is 11.6. The minimum atomic E-state index is -0.407. The normalized spacial score (nSPS) is 21.2. The molecule has 6 heteroatoms. The van der Waals surface area contributed by atoms with Gasteiger partial charge in [0.25, 0.3) is 5.91 Å². The number of hydrogen-bond donors (Lipinski definition) is 2. The van der Waals surface area contributed by atoms with Crippen LogP contribution in [0.15, 0.2) is 18.2 Å². The van der Waals surface area contributed by atoms with E-state index in [1.165, 1.54) is 0 Å². The van der Waals surface area contributed by atoms with Gasteiger partial charge in [0.05, 0.1) is 6.54 Å². The Kier molecular flexibility index (Phi) is 2.98. The molecule has 0 aromatic heterocycles. The van der Waals surface area contributed by atoms with Gasteiger partial charge in [-0.2, -0.15) is 0 Å². The van der Waals surface area contributed by atoms with Crippen molar-refractivity contribution in [3.8, 4) is 5.75 Å². The summed E-state index contributed by atoms with van der Waals surface area (Å²) >= 11 is 0. The van der Waals surface area contributed by atoms with Crippen molar-refractivity contribution in [2.45, 2.75) is 12.5 Å². The average molecular weight is 262 g/mol. The number of carbonyl (C=O) groups is 2. The Morgan fingerprint density at radius 2 is 2.21 bits per heavy atom. The number of carbonyl (C=O) groups excluding carboxylic acids is 2. The molecule has 6 nitrogen and oxygen atoms in total. The molecule has 19 heavy (non-hydrogen) atoms. The number of alkyl carbamates (subject to hydrolysis) is 1. The van der Waals surface area contributed by atoms with Gasteiger partial charge < -0.3 is 20.1 Å². The summed E-state index contributed by atoms with van der Waals surface area (Å²) in [5, 5.41) is 5.36. The topological polar surface area (TPSA) is 76.7 Å². The van der Waals surface area contributed by atoms with E-state index in [0.29, 0.717) is 31.0 Å². The van der Waals surface area contributed by atoms with Crippen LogP contribution in [0.3, 0.4) is 0 Å². The molecule has 1 fully saturated rings. The number of fused-ring (bicyclic) bond motifs is 1. The molecule has 100 valence electrons. The van der Waals surface area contributed by atoms with Crippen LogP contribution in [0.25, 0.3) is 0 Å². The second-order valence-corrected chi connectivity index (χ2v) is 4.54. The Hall–Kier alpha value is -2.24. The Morgan fingerprint density at radius 1 is 1.32 bits per heavy atom. The van der Waals surface area contributed by atoms with Crippen molar-refractivity contribution in [1.29, 1.82) is 0 Å². The monoisotopic (exact) mass is 262 g/mol. The van der Waals surface area contributed by atoms with Crippen molar-refractivity contribution in [1.82, 2.24) is 10.6 Å². The minimum Gasteiger partial charge on any atom is -0.490 e. The van der Waals surface area contributed by atoms with Crippen molar-refractivity contribution in [3.05, 3.63) is 29.3 Å². The number of ether oxygens (including phenoxy) is 2. The smallest absolute Gasteiger partial charge is 0.407 e. The lowest BCUT2D eigenvalue weighted by Crippen LogP contribution is -2.31. The molecule has 0 saturated carbocycles. The molecule has 1 unspecified atom stereocenters. The van der Waals surface area contributed by atoms with E-state index in [1.807, 2.05) is 6.07 Å². The summed E-state index contributed by atoms with van der Waals surface area (Å²) in [6.45, 7) is 1.43. The van der Waals surface area contributed by atoms with E-state index in [9.17, 15) is 9.59 Å². The molecule has 0 spiro atoms. The van der Waals surface area contributed by atoms with E-state index >= 15 is 0 Å². The van der Waals surface area contributed by atoms with Crippen LogP contribution in [0.2, 0.25) is 0 Å². The number of benzene rings is 1. The van der Waals surface area contributed by atoms with Gasteiger partial charge in [-0.3, -0.25) is 4.79 Å². The second-order valence-electron chi connectivity index (χ2n) is 4.54. The molecule has 2 heterocycles. The van der Waals surface area contributed by atoms with Gasteiger partial charge in [-0.15, -0.1) is 0 Å². The highest BCUT2D eigenvalue weighted by atomic mass is 16.6. The highest BCUT2D eigenvalue weighted by molar-refractivity contribution is 5.96. The maximum atomic E-state index is 11.6. The average Bonchev–Trinajstić information content (AvgIpc) is 2.82. The quantitative estimate of drug-likeness (QED) is 0.829. The van der Waals surface area contributed by atoms with Crippen LogP contribution in [0.1, 0.15) is 15.9 Å². The third-order valence-corrected chi connectivity index (χ3v) is 3.18. The first-order chi connectivity index (χ1) is 9.22. The van der Waals surface area contributed by atoms with Gasteiger partial charge in [0, 0.05) is 12.1 Å². The zero-order valence-electron chi connectivity index (χ0n) is 10.3. The van der Waals surface area contributed by atoms with Crippen molar-refractivity contribution in [3.63, 3.8) is 0 Å². The predicted molar refractivity (Wildman–Crippen MR) is 66.2 cm³/mol. The molecule has 2 aliphatic heterocycles. The molecule has 1 aromatic rings. The maximum Gasteiger partial charge on any atom is 0.407 e. The largest absolute Gasteiger partial charge is 0.490 e. The van der Waals surface area contributed by atoms with Crippen molar-refractivity contribution < 1.29 is 19.1 Å². The number of hydrogen-bond acceptors (Lipinski definition) is 4. The fourth-order valence-electron chi connectivity index (χ4n) is 2.21. The van der Waals surface area contributed by atoms with Crippen molar-refractivity contribution in [2.75, 3.05) is 19.7 Å². The van der Waals surface area contributed by atoms with E-state index in [1.54, 1.807) is 12.1 Å². The lowest BCUT2D eigenvalue weighted by atomic mass is 10.0. The molecule has 1 saturated heterocycles. The van der Waals surface area contributed by atoms with Gasteiger partial charge in [0.15, 0.2) is 6.10 Å². The van der Waals surface area contributed by atoms with Crippen molar-refractivity contribution >= 4 is 12.0 Å². The van der Waals surface area contributed by atoms with Crippen LogP contribution in [0, 0.1) is 0 Å². The van der Waals surface area contributed by atoms with E-state index in [-0.39, 0.29) is 12.0 Å². The SMILES string of the molecule is O=C1NCC(COc2ccc3c(c2)CCNC3=O)O1. The highest BCUT2D eigenvalue weighted by Crippen LogP contribution is 2.21. The molecular formula is C13H14N2O4.